The minimum Gasteiger partial charge on any atom is -0.466 e. The molecule has 0 aliphatic heterocycles. The monoisotopic (exact) mass is 257 g/mol. The van der Waals surface area contributed by atoms with E-state index in [1.54, 1.807) is 0 Å². The van der Waals surface area contributed by atoms with E-state index in [9.17, 15) is 4.79 Å². The molecule has 0 rings (SSSR count). The molecule has 4 nitrogen and oxygen atoms in total. The lowest BCUT2D eigenvalue weighted by atomic mass is 10.2. The normalized spacial score (nSPS) is 10.3. The van der Waals surface area contributed by atoms with Crippen molar-refractivity contribution in [3.8, 4) is 0 Å². The van der Waals surface area contributed by atoms with Gasteiger partial charge in [-0.25, -0.2) is 0 Å². The summed E-state index contributed by atoms with van der Waals surface area (Å²) in [5, 5.41) is 3.31. The summed E-state index contributed by atoms with van der Waals surface area (Å²) >= 11 is 0. The summed E-state index contributed by atoms with van der Waals surface area (Å²) in [6, 6.07) is 0. The molecular weight excluding hydrogens is 230 g/mol. The van der Waals surface area contributed by atoms with Gasteiger partial charge in [-0.2, -0.15) is 0 Å². The molecule has 1 N–H and O–H groups in total. The lowest BCUT2D eigenvalue weighted by molar-refractivity contribution is -0.143. The Hall–Kier alpha value is -0.870. The van der Waals surface area contributed by atoms with E-state index in [0.717, 1.165) is 52.0 Å². The number of hydrogen-bond acceptors (Lipinski definition) is 4. The fourth-order valence-electron chi connectivity index (χ4n) is 1.47. The number of nitrogens with one attached hydrogen (secondary N) is 1. The molecule has 0 fully saturated rings. The first-order valence-electron chi connectivity index (χ1n) is 6.86. The molecule has 0 aromatic rings. The van der Waals surface area contributed by atoms with Crippen molar-refractivity contribution in [3.63, 3.8) is 0 Å². The number of carbonyl (C=O) groups excluding carboxylic acids is 1. The first kappa shape index (κ1) is 17.1. The molecule has 0 aromatic carbocycles. The van der Waals surface area contributed by atoms with Crippen molar-refractivity contribution in [2.75, 3.05) is 32.9 Å². The van der Waals surface area contributed by atoms with Gasteiger partial charge in [0.25, 0.3) is 0 Å². The van der Waals surface area contributed by atoms with E-state index >= 15 is 0 Å². The molecule has 0 radical (unpaired) electrons. The third kappa shape index (κ3) is 13.2. The Balaban J connectivity index is 3.03. The van der Waals surface area contributed by atoms with E-state index in [0.29, 0.717) is 13.0 Å². The van der Waals surface area contributed by atoms with Crippen molar-refractivity contribution in [2.45, 2.75) is 39.0 Å². The van der Waals surface area contributed by atoms with Gasteiger partial charge in [0.1, 0.15) is 0 Å². The van der Waals surface area contributed by atoms with Crippen LogP contribution in [-0.2, 0) is 14.3 Å². The van der Waals surface area contributed by atoms with Crippen LogP contribution in [0.3, 0.4) is 0 Å². The van der Waals surface area contributed by atoms with Gasteiger partial charge in [0, 0.05) is 13.0 Å². The van der Waals surface area contributed by atoms with Crippen LogP contribution >= 0.6 is 0 Å². The molecule has 0 saturated carbocycles. The van der Waals surface area contributed by atoms with Gasteiger partial charge in [0.15, 0.2) is 0 Å². The van der Waals surface area contributed by atoms with E-state index in [4.69, 9.17) is 9.47 Å². The topological polar surface area (TPSA) is 47.6 Å². The molecule has 0 bridgehead atoms. The van der Waals surface area contributed by atoms with Crippen LogP contribution in [0.15, 0.2) is 12.7 Å². The van der Waals surface area contributed by atoms with Crippen LogP contribution in [0.1, 0.15) is 39.0 Å². The molecule has 4 heteroatoms. The predicted molar refractivity (Wildman–Crippen MR) is 73.6 cm³/mol. The molecule has 18 heavy (non-hydrogen) atoms. The second kappa shape index (κ2) is 14.2. The van der Waals surface area contributed by atoms with E-state index < -0.39 is 0 Å². The van der Waals surface area contributed by atoms with Crippen LogP contribution in [0, 0.1) is 0 Å². The van der Waals surface area contributed by atoms with Crippen molar-refractivity contribution in [1.29, 1.82) is 0 Å². The molecular formula is C14H27NO3. The third-order valence-electron chi connectivity index (χ3n) is 2.43. The summed E-state index contributed by atoms with van der Waals surface area (Å²) in [7, 11) is 0. The predicted octanol–water partition coefficient (Wildman–Crippen LogP) is 2.29. The molecule has 0 unspecified atom stereocenters. The highest BCUT2D eigenvalue weighted by Crippen LogP contribution is 2.00. The Morgan fingerprint density at radius 3 is 2.78 bits per heavy atom. The van der Waals surface area contributed by atoms with Crippen LogP contribution in [0.25, 0.3) is 0 Å². The van der Waals surface area contributed by atoms with Crippen molar-refractivity contribution in [2.24, 2.45) is 0 Å². The van der Waals surface area contributed by atoms with Gasteiger partial charge in [0.2, 0.25) is 0 Å². The fraction of sp³-hybridized carbons (Fsp3) is 0.786. The molecule has 0 spiro atoms. The molecule has 0 aliphatic carbocycles. The lowest BCUT2D eigenvalue weighted by Gasteiger charge is -2.05. The molecule has 0 heterocycles. The fourth-order valence-corrected chi connectivity index (χ4v) is 1.47. The van der Waals surface area contributed by atoms with Gasteiger partial charge in [-0.1, -0.05) is 12.5 Å². The van der Waals surface area contributed by atoms with Crippen molar-refractivity contribution < 1.29 is 14.3 Å². The number of ether oxygens (including phenoxy) is 2. The number of unbranched alkanes of at least 4 members (excludes halogenated alkanes) is 2. The van der Waals surface area contributed by atoms with Gasteiger partial charge >= 0.3 is 5.97 Å². The maximum atomic E-state index is 11.0. The van der Waals surface area contributed by atoms with Crippen molar-refractivity contribution >= 4 is 5.97 Å². The summed E-state index contributed by atoms with van der Waals surface area (Å²) in [4.78, 5) is 11.0. The Kier molecular flexibility index (Phi) is 13.5. The summed E-state index contributed by atoms with van der Waals surface area (Å²) in [6.45, 7) is 9.31. The standard InChI is InChI=1S/C14H27NO3/c1-3-5-12-17-13-11-15-10-8-6-7-9-14(16)18-4-2/h3,15H,1,4-13H2,2H3. The van der Waals surface area contributed by atoms with Gasteiger partial charge in [-0.3, -0.25) is 4.79 Å². The number of rotatable bonds is 13. The molecule has 0 aromatic heterocycles. The maximum Gasteiger partial charge on any atom is 0.305 e. The average molecular weight is 257 g/mol. The second-order valence-corrected chi connectivity index (χ2v) is 4.06. The van der Waals surface area contributed by atoms with Crippen molar-refractivity contribution in [1.82, 2.24) is 5.32 Å². The summed E-state index contributed by atoms with van der Waals surface area (Å²) in [6.07, 6.45) is 6.37. The van der Waals surface area contributed by atoms with E-state index in [1.807, 2.05) is 13.0 Å². The minimum absolute atomic E-state index is 0.0823. The van der Waals surface area contributed by atoms with E-state index in [2.05, 4.69) is 11.9 Å². The Labute approximate surface area is 111 Å². The van der Waals surface area contributed by atoms with Gasteiger partial charge in [-0.15, -0.1) is 6.58 Å². The minimum atomic E-state index is -0.0823. The van der Waals surface area contributed by atoms with Crippen LogP contribution < -0.4 is 5.32 Å². The highest BCUT2D eigenvalue weighted by molar-refractivity contribution is 5.69. The largest absolute Gasteiger partial charge is 0.466 e. The number of esters is 1. The summed E-state index contributed by atoms with van der Waals surface area (Å²) < 4.78 is 10.2. The summed E-state index contributed by atoms with van der Waals surface area (Å²) in [5.41, 5.74) is 0. The Morgan fingerprint density at radius 1 is 1.22 bits per heavy atom. The Morgan fingerprint density at radius 2 is 2.06 bits per heavy atom. The van der Waals surface area contributed by atoms with Crippen LogP contribution in [0.2, 0.25) is 0 Å². The zero-order valence-electron chi connectivity index (χ0n) is 11.6. The molecule has 106 valence electrons. The van der Waals surface area contributed by atoms with Gasteiger partial charge < -0.3 is 14.8 Å². The SMILES string of the molecule is C=CCCOCCNCCCCCC(=O)OCC. The number of hydrogen-bond donors (Lipinski definition) is 1. The molecule has 0 aliphatic rings. The first-order chi connectivity index (χ1) is 8.81. The average Bonchev–Trinajstić information content (AvgIpc) is 2.36. The molecule has 0 amide bonds. The third-order valence-corrected chi connectivity index (χ3v) is 2.43. The maximum absolute atomic E-state index is 11.0. The zero-order valence-corrected chi connectivity index (χ0v) is 11.6. The van der Waals surface area contributed by atoms with Crippen LogP contribution in [0.4, 0.5) is 0 Å². The zero-order chi connectivity index (χ0) is 13.5. The van der Waals surface area contributed by atoms with Crippen molar-refractivity contribution in [3.05, 3.63) is 12.7 Å². The summed E-state index contributed by atoms with van der Waals surface area (Å²) in [5.74, 6) is -0.0823. The quantitative estimate of drug-likeness (QED) is 0.312. The highest BCUT2D eigenvalue weighted by Gasteiger charge is 2.00. The first-order valence-corrected chi connectivity index (χ1v) is 6.86. The number of carbonyl (C=O) groups is 1. The van der Waals surface area contributed by atoms with Gasteiger partial charge in [0.05, 0.1) is 19.8 Å². The molecule has 0 atom stereocenters. The van der Waals surface area contributed by atoms with Crippen LogP contribution in [-0.4, -0.2) is 38.9 Å². The lowest BCUT2D eigenvalue weighted by Crippen LogP contribution is -2.21. The van der Waals surface area contributed by atoms with Crippen LogP contribution in [0.5, 0.6) is 0 Å². The Bertz CT molecular complexity index is 207. The van der Waals surface area contributed by atoms with Gasteiger partial charge in [-0.05, 0) is 32.7 Å². The van der Waals surface area contributed by atoms with E-state index in [1.165, 1.54) is 0 Å². The van der Waals surface area contributed by atoms with E-state index in [-0.39, 0.29) is 5.97 Å². The molecule has 0 saturated heterocycles. The smallest absolute Gasteiger partial charge is 0.305 e. The highest BCUT2D eigenvalue weighted by atomic mass is 16.5. The second-order valence-electron chi connectivity index (χ2n) is 4.06.